The Labute approximate surface area is 137 Å². The Morgan fingerprint density at radius 3 is 2.39 bits per heavy atom. The molecule has 0 aliphatic carbocycles. The molecule has 2 aromatic carbocycles. The molecule has 23 heavy (non-hydrogen) atoms. The molecule has 2 aromatic rings. The number of hydrogen-bond acceptors (Lipinski definition) is 3. The van der Waals surface area contributed by atoms with Crippen LogP contribution in [0.1, 0.15) is 11.1 Å². The molecule has 0 saturated carbocycles. The lowest BCUT2D eigenvalue weighted by Gasteiger charge is -2.22. The third kappa shape index (κ3) is 5.10. The van der Waals surface area contributed by atoms with Crippen molar-refractivity contribution in [2.45, 2.75) is 13.5 Å². The molecule has 0 fully saturated rings. The zero-order valence-corrected chi connectivity index (χ0v) is 14.0. The van der Waals surface area contributed by atoms with Crippen LogP contribution in [0, 0.1) is 6.92 Å². The van der Waals surface area contributed by atoms with E-state index in [1.807, 2.05) is 43.3 Å². The first-order valence-electron chi connectivity index (χ1n) is 7.21. The molecule has 0 aliphatic rings. The molecule has 0 bridgehead atoms. The van der Waals surface area contributed by atoms with E-state index in [1.54, 1.807) is 18.2 Å². The van der Waals surface area contributed by atoms with Crippen molar-refractivity contribution in [2.24, 2.45) is 0 Å². The van der Waals surface area contributed by atoms with Gasteiger partial charge in [0.2, 0.25) is 15.9 Å². The topological polar surface area (TPSA) is 66.5 Å². The van der Waals surface area contributed by atoms with Crippen LogP contribution in [0.5, 0.6) is 0 Å². The van der Waals surface area contributed by atoms with Gasteiger partial charge in [0.15, 0.2) is 0 Å². The molecule has 6 heteroatoms. The van der Waals surface area contributed by atoms with Crippen molar-refractivity contribution in [3.8, 4) is 0 Å². The first-order chi connectivity index (χ1) is 10.9. The van der Waals surface area contributed by atoms with Gasteiger partial charge in [0.05, 0.1) is 11.9 Å². The maximum Gasteiger partial charge on any atom is 0.241 e. The number of anilines is 1. The zero-order valence-electron chi connectivity index (χ0n) is 13.2. The summed E-state index contributed by atoms with van der Waals surface area (Å²) in [5.74, 6) is -0.346. The second kappa shape index (κ2) is 7.28. The molecule has 1 N–H and O–H groups in total. The predicted octanol–water partition coefficient (Wildman–Crippen LogP) is 2.08. The number of nitrogens with one attached hydrogen (secondary N) is 1. The number of benzene rings is 2. The summed E-state index contributed by atoms with van der Waals surface area (Å²) < 4.78 is 25.1. The predicted molar refractivity (Wildman–Crippen MR) is 91.7 cm³/mol. The first kappa shape index (κ1) is 17.0. The Hall–Kier alpha value is -2.34. The second-order valence-corrected chi connectivity index (χ2v) is 7.28. The average molecular weight is 332 g/mol. The number of hydrogen-bond donors (Lipinski definition) is 1. The van der Waals surface area contributed by atoms with E-state index in [-0.39, 0.29) is 12.5 Å². The van der Waals surface area contributed by atoms with E-state index in [2.05, 4.69) is 5.32 Å². The molecule has 0 saturated heterocycles. The lowest BCUT2D eigenvalue weighted by atomic mass is 10.2. The molecule has 1 amide bonds. The van der Waals surface area contributed by atoms with Crippen LogP contribution < -0.4 is 9.62 Å². The van der Waals surface area contributed by atoms with Crippen molar-refractivity contribution >= 4 is 21.6 Å². The minimum absolute atomic E-state index is 0.241. The van der Waals surface area contributed by atoms with Crippen LogP contribution in [0.25, 0.3) is 0 Å². The fourth-order valence-electron chi connectivity index (χ4n) is 2.17. The summed E-state index contributed by atoms with van der Waals surface area (Å²) in [6.07, 6.45) is 1.10. The standard InChI is InChI=1S/C17H20N2O3S/c1-14-7-6-10-16(11-14)19(23(2,21)22)13-17(20)18-12-15-8-4-3-5-9-15/h3-11H,12-13H2,1-2H3,(H,18,20). The van der Waals surface area contributed by atoms with E-state index in [4.69, 9.17) is 0 Å². The summed E-state index contributed by atoms with van der Waals surface area (Å²) in [5, 5.41) is 2.74. The maximum absolute atomic E-state index is 12.1. The highest BCUT2D eigenvalue weighted by Crippen LogP contribution is 2.18. The molecule has 0 aromatic heterocycles. The summed E-state index contributed by atoms with van der Waals surface area (Å²) >= 11 is 0. The molecule has 0 unspecified atom stereocenters. The number of nitrogens with zero attached hydrogens (tertiary/aromatic N) is 1. The highest BCUT2D eigenvalue weighted by molar-refractivity contribution is 7.92. The van der Waals surface area contributed by atoms with Gasteiger partial charge in [0.1, 0.15) is 6.54 Å². The Morgan fingerprint density at radius 2 is 1.78 bits per heavy atom. The quantitative estimate of drug-likeness (QED) is 0.881. The van der Waals surface area contributed by atoms with Gasteiger partial charge in [-0.25, -0.2) is 8.42 Å². The largest absolute Gasteiger partial charge is 0.350 e. The molecule has 0 heterocycles. The Balaban J connectivity index is 2.08. The van der Waals surface area contributed by atoms with Crippen LogP contribution in [0.3, 0.4) is 0 Å². The van der Waals surface area contributed by atoms with Gasteiger partial charge >= 0.3 is 0 Å². The lowest BCUT2D eigenvalue weighted by Crippen LogP contribution is -2.40. The summed E-state index contributed by atoms with van der Waals surface area (Å²) in [6, 6.07) is 16.5. The molecular weight excluding hydrogens is 312 g/mol. The van der Waals surface area contributed by atoms with Crippen LogP contribution >= 0.6 is 0 Å². The SMILES string of the molecule is Cc1cccc(N(CC(=O)NCc2ccccc2)S(C)(=O)=O)c1. The van der Waals surface area contributed by atoms with E-state index < -0.39 is 10.0 Å². The van der Waals surface area contributed by atoms with Crippen molar-refractivity contribution in [3.63, 3.8) is 0 Å². The molecule has 0 aliphatic heterocycles. The minimum atomic E-state index is -3.54. The third-order valence-electron chi connectivity index (χ3n) is 3.31. The van der Waals surface area contributed by atoms with Gasteiger partial charge < -0.3 is 5.32 Å². The van der Waals surface area contributed by atoms with Gasteiger partial charge in [-0.3, -0.25) is 9.10 Å². The van der Waals surface area contributed by atoms with Gasteiger partial charge in [-0.05, 0) is 30.2 Å². The Kier molecular flexibility index (Phi) is 5.39. The second-order valence-electron chi connectivity index (χ2n) is 5.37. The minimum Gasteiger partial charge on any atom is -0.350 e. The van der Waals surface area contributed by atoms with Crippen LogP contribution in [-0.4, -0.2) is 27.1 Å². The highest BCUT2D eigenvalue weighted by atomic mass is 32.2. The monoisotopic (exact) mass is 332 g/mol. The lowest BCUT2D eigenvalue weighted by molar-refractivity contribution is -0.119. The smallest absolute Gasteiger partial charge is 0.241 e. The van der Waals surface area contributed by atoms with Crippen molar-refractivity contribution < 1.29 is 13.2 Å². The summed E-state index contributed by atoms with van der Waals surface area (Å²) in [6.45, 7) is 2.00. The third-order valence-corrected chi connectivity index (χ3v) is 4.45. The van der Waals surface area contributed by atoms with Crippen molar-refractivity contribution in [1.29, 1.82) is 0 Å². The van der Waals surface area contributed by atoms with Crippen molar-refractivity contribution in [3.05, 3.63) is 65.7 Å². The molecule has 0 atom stereocenters. The summed E-state index contributed by atoms with van der Waals surface area (Å²) in [5.41, 5.74) is 2.38. The molecule has 0 radical (unpaired) electrons. The number of sulfonamides is 1. The molecular formula is C17H20N2O3S. The van der Waals surface area contributed by atoms with Crippen LogP contribution in [0.2, 0.25) is 0 Å². The fraction of sp³-hybridized carbons (Fsp3) is 0.235. The normalized spacial score (nSPS) is 11.0. The number of rotatable bonds is 6. The molecule has 122 valence electrons. The summed E-state index contributed by atoms with van der Waals surface area (Å²) in [4.78, 5) is 12.1. The highest BCUT2D eigenvalue weighted by Gasteiger charge is 2.20. The molecule has 2 rings (SSSR count). The number of amides is 1. The zero-order chi connectivity index (χ0) is 16.9. The summed E-state index contributed by atoms with van der Waals surface area (Å²) in [7, 11) is -3.54. The number of aryl methyl sites for hydroxylation is 1. The number of carbonyl (C=O) groups excluding carboxylic acids is 1. The average Bonchev–Trinajstić information content (AvgIpc) is 2.50. The fourth-order valence-corrected chi connectivity index (χ4v) is 3.01. The molecule has 0 spiro atoms. The van der Waals surface area contributed by atoms with Crippen LogP contribution in [0.4, 0.5) is 5.69 Å². The van der Waals surface area contributed by atoms with E-state index in [0.29, 0.717) is 12.2 Å². The van der Waals surface area contributed by atoms with E-state index in [1.165, 1.54) is 0 Å². The number of carbonyl (C=O) groups is 1. The Morgan fingerprint density at radius 1 is 1.09 bits per heavy atom. The van der Waals surface area contributed by atoms with Gasteiger partial charge in [0.25, 0.3) is 0 Å². The van der Waals surface area contributed by atoms with Gasteiger partial charge in [-0.1, -0.05) is 42.5 Å². The van der Waals surface area contributed by atoms with Gasteiger partial charge in [0, 0.05) is 6.54 Å². The van der Waals surface area contributed by atoms with E-state index >= 15 is 0 Å². The molecule has 5 nitrogen and oxygen atoms in total. The van der Waals surface area contributed by atoms with E-state index in [9.17, 15) is 13.2 Å². The Bertz CT molecular complexity index is 773. The van der Waals surface area contributed by atoms with Gasteiger partial charge in [-0.15, -0.1) is 0 Å². The van der Waals surface area contributed by atoms with Gasteiger partial charge in [-0.2, -0.15) is 0 Å². The van der Waals surface area contributed by atoms with Crippen molar-refractivity contribution in [1.82, 2.24) is 5.32 Å². The van der Waals surface area contributed by atoms with Crippen LogP contribution in [0.15, 0.2) is 54.6 Å². The first-order valence-corrected chi connectivity index (χ1v) is 9.06. The maximum atomic E-state index is 12.1. The van der Waals surface area contributed by atoms with Crippen molar-refractivity contribution in [2.75, 3.05) is 17.1 Å². The van der Waals surface area contributed by atoms with Crippen LogP contribution in [-0.2, 0) is 21.4 Å². The van der Waals surface area contributed by atoms with E-state index in [0.717, 1.165) is 21.7 Å².